The normalized spacial score (nSPS) is 13.5. The fraction of sp³-hybridized carbons (Fsp3) is 0.700. The molecule has 13 heavy (non-hydrogen) atoms. The van der Waals surface area contributed by atoms with Gasteiger partial charge in [0.15, 0.2) is 0 Å². The molecule has 0 radical (unpaired) electrons. The average molecular weight is 184 g/mol. The summed E-state index contributed by atoms with van der Waals surface area (Å²) < 4.78 is 0. The Morgan fingerprint density at radius 3 is 2.38 bits per heavy atom. The molecule has 0 aliphatic rings. The standard InChI is InChI=1S/C10H20N2O/c1-8(6-11-5)12-9(7-13)10(2,3)4/h7,9,11-12H,1,6H2,2-5H3. The summed E-state index contributed by atoms with van der Waals surface area (Å²) >= 11 is 0. The highest BCUT2D eigenvalue weighted by molar-refractivity contribution is 5.59. The first kappa shape index (κ1) is 12.2. The van der Waals surface area contributed by atoms with Crippen LogP contribution in [-0.2, 0) is 4.79 Å². The van der Waals surface area contributed by atoms with E-state index in [2.05, 4.69) is 17.2 Å². The lowest BCUT2D eigenvalue weighted by Gasteiger charge is -2.28. The average Bonchev–Trinajstić information content (AvgIpc) is 1.98. The van der Waals surface area contributed by atoms with E-state index < -0.39 is 0 Å². The predicted octanol–water partition coefficient (Wildman–Crippen LogP) is 0.923. The Morgan fingerprint density at radius 1 is 1.54 bits per heavy atom. The van der Waals surface area contributed by atoms with E-state index in [1.165, 1.54) is 0 Å². The van der Waals surface area contributed by atoms with E-state index in [1.807, 2.05) is 27.8 Å². The summed E-state index contributed by atoms with van der Waals surface area (Å²) in [5.74, 6) is 0. The van der Waals surface area contributed by atoms with Gasteiger partial charge in [-0.05, 0) is 12.5 Å². The molecule has 0 aliphatic carbocycles. The summed E-state index contributed by atoms with van der Waals surface area (Å²) in [6, 6.07) is -0.173. The fourth-order valence-corrected chi connectivity index (χ4v) is 0.939. The molecule has 0 aliphatic heterocycles. The maximum Gasteiger partial charge on any atom is 0.142 e. The topological polar surface area (TPSA) is 41.1 Å². The van der Waals surface area contributed by atoms with Gasteiger partial charge in [0, 0.05) is 12.2 Å². The van der Waals surface area contributed by atoms with Crippen LogP contribution in [0.4, 0.5) is 0 Å². The molecule has 0 heterocycles. The minimum Gasteiger partial charge on any atom is -0.378 e. The largest absolute Gasteiger partial charge is 0.378 e. The van der Waals surface area contributed by atoms with Crippen molar-refractivity contribution < 1.29 is 4.79 Å². The van der Waals surface area contributed by atoms with Crippen LogP contribution in [0, 0.1) is 5.41 Å². The smallest absolute Gasteiger partial charge is 0.142 e. The number of rotatable bonds is 5. The highest BCUT2D eigenvalue weighted by Crippen LogP contribution is 2.18. The minimum absolute atomic E-state index is 0.0710. The van der Waals surface area contributed by atoms with Crippen LogP contribution >= 0.6 is 0 Å². The second-order valence-corrected chi connectivity index (χ2v) is 4.26. The van der Waals surface area contributed by atoms with Crippen LogP contribution in [0.3, 0.4) is 0 Å². The molecule has 0 amide bonds. The second kappa shape index (κ2) is 5.02. The summed E-state index contributed by atoms with van der Waals surface area (Å²) in [6.07, 6.45) is 0.931. The molecule has 1 unspecified atom stereocenters. The van der Waals surface area contributed by atoms with Gasteiger partial charge in [-0.15, -0.1) is 0 Å². The van der Waals surface area contributed by atoms with Crippen LogP contribution in [0.1, 0.15) is 20.8 Å². The Bertz CT molecular complexity index is 182. The number of likely N-dealkylation sites (N-methyl/N-ethyl adjacent to an activating group) is 1. The van der Waals surface area contributed by atoms with Crippen molar-refractivity contribution in [2.75, 3.05) is 13.6 Å². The van der Waals surface area contributed by atoms with Gasteiger partial charge in [-0.25, -0.2) is 0 Å². The van der Waals surface area contributed by atoms with Gasteiger partial charge in [-0.2, -0.15) is 0 Å². The first-order valence-electron chi connectivity index (χ1n) is 4.46. The quantitative estimate of drug-likeness (QED) is 0.624. The van der Waals surface area contributed by atoms with Gasteiger partial charge in [-0.1, -0.05) is 27.4 Å². The lowest BCUT2D eigenvalue weighted by Crippen LogP contribution is -2.42. The van der Waals surface area contributed by atoms with Crippen molar-refractivity contribution >= 4 is 6.29 Å². The van der Waals surface area contributed by atoms with Crippen molar-refractivity contribution in [1.29, 1.82) is 0 Å². The van der Waals surface area contributed by atoms with Gasteiger partial charge in [0.05, 0.1) is 6.04 Å². The van der Waals surface area contributed by atoms with Crippen LogP contribution in [0.5, 0.6) is 0 Å². The first-order valence-corrected chi connectivity index (χ1v) is 4.46. The van der Waals surface area contributed by atoms with Crippen molar-refractivity contribution in [2.24, 2.45) is 5.41 Å². The molecular weight excluding hydrogens is 164 g/mol. The van der Waals surface area contributed by atoms with E-state index in [9.17, 15) is 4.79 Å². The minimum atomic E-state index is -0.173. The highest BCUT2D eigenvalue weighted by atomic mass is 16.1. The van der Waals surface area contributed by atoms with Gasteiger partial charge in [0.2, 0.25) is 0 Å². The Hall–Kier alpha value is -0.830. The van der Waals surface area contributed by atoms with Crippen LogP contribution in [0.25, 0.3) is 0 Å². The fourth-order valence-electron chi connectivity index (χ4n) is 0.939. The van der Waals surface area contributed by atoms with Gasteiger partial charge >= 0.3 is 0 Å². The third-order valence-electron chi connectivity index (χ3n) is 1.82. The van der Waals surface area contributed by atoms with E-state index in [-0.39, 0.29) is 11.5 Å². The maximum atomic E-state index is 10.8. The molecular formula is C10H20N2O. The number of aldehydes is 1. The Kier molecular flexibility index (Phi) is 4.70. The summed E-state index contributed by atoms with van der Waals surface area (Å²) in [5.41, 5.74) is 0.771. The summed E-state index contributed by atoms with van der Waals surface area (Å²) in [5, 5.41) is 6.05. The van der Waals surface area contributed by atoms with E-state index >= 15 is 0 Å². The molecule has 3 heteroatoms. The highest BCUT2D eigenvalue weighted by Gasteiger charge is 2.23. The van der Waals surface area contributed by atoms with Crippen LogP contribution in [-0.4, -0.2) is 25.9 Å². The summed E-state index contributed by atoms with van der Waals surface area (Å²) in [7, 11) is 1.85. The Balaban J connectivity index is 4.14. The number of hydrogen-bond acceptors (Lipinski definition) is 3. The van der Waals surface area contributed by atoms with Gasteiger partial charge in [0.25, 0.3) is 0 Å². The zero-order valence-electron chi connectivity index (χ0n) is 8.98. The van der Waals surface area contributed by atoms with Crippen molar-refractivity contribution in [2.45, 2.75) is 26.8 Å². The van der Waals surface area contributed by atoms with Crippen molar-refractivity contribution in [3.05, 3.63) is 12.3 Å². The SMILES string of the molecule is C=C(CNC)NC(C=O)C(C)(C)C. The molecule has 0 aromatic rings. The number of hydrogen-bond donors (Lipinski definition) is 2. The molecule has 2 N–H and O–H groups in total. The number of carbonyl (C=O) groups is 1. The molecule has 0 saturated carbocycles. The van der Waals surface area contributed by atoms with Crippen LogP contribution in [0.2, 0.25) is 0 Å². The number of carbonyl (C=O) groups excluding carboxylic acids is 1. The van der Waals surface area contributed by atoms with E-state index in [4.69, 9.17) is 0 Å². The molecule has 0 bridgehead atoms. The molecule has 0 aromatic heterocycles. The second-order valence-electron chi connectivity index (χ2n) is 4.26. The summed E-state index contributed by atoms with van der Waals surface area (Å²) in [6.45, 7) is 10.6. The van der Waals surface area contributed by atoms with E-state index in [0.29, 0.717) is 6.54 Å². The molecule has 76 valence electrons. The third kappa shape index (κ3) is 4.68. The maximum absolute atomic E-state index is 10.8. The van der Waals surface area contributed by atoms with Crippen molar-refractivity contribution in [3.8, 4) is 0 Å². The van der Waals surface area contributed by atoms with Crippen LogP contribution in [0.15, 0.2) is 12.3 Å². The van der Waals surface area contributed by atoms with Crippen LogP contribution < -0.4 is 10.6 Å². The number of nitrogens with one attached hydrogen (secondary N) is 2. The first-order chi connectivity index (χ1) is 5.91. The van der Waals surface area contributed by atoms with Gasteiger partial charge in [0.1, 0.15) is 6.29 Å². The summed E-state index contributed by atoms with van der Waals surface area (Å²) in [4.78, 5) is 10.8. The Labute approximate surface area is 80.6 Å². The van der Waals surface area contributed by atoms with Gasteiger partial charge < -0.3 is 15.4 Å². The predicted molar refractivity (Wildman–Crippen MR) is 55.5 cm³/mol. The van der Waals surface area contributed by atoms with E-state index in [1.54, 1.807) is 0 Å². The van der Waals surface area contributed by atoms with Crippen molar-refractivity contribution in [1.82, 2.24) is 10.6 Å². The molecule has 0 aromatic carbocycles. The molecule has 0 fully saturated rings. The lowest BCUT2D eigenvalue weighted by molar-refractivity contribution is -0.111. The van der Waals surface area contributed by atoms with E-state index in [0.717, 1.165) is 12.0 Å². The molecule has 1 atom stereocenters. The molecule has 3 nitrogen and oxygen atoms in total. The zero-order chi connectivity index (χ0) is 10.5. The molecule has 0 saturated heterocycles. The molecule has 0 spiro atoms. The monoisotopic (exact) mass is 184 g/mol. The molecule has 0 rings (SSSR count). The third-order valence-corrected chi connectivity index (χ3v) is 1.82. The Morgan fingerprint density at radius 2 is 2.08 bits per heavy atom. The lowest BCUT2D eigenvalue weighted by atomic mass is 9.87. The van der Waals surface area contributed by atoms with Crippen molar-refractivity contribution in [3.63, 3.8) is 0 Å². The zero-order valence-corrected chi connectivity index (χ0v) is 8.98. The van der Waals surface area contributed by atoms with Gasteiger partial charge in [-0.3, -0.25) is 0 Å².